The van der Waals surface area contributed by atoms with E-state index in [1.54, 1.807) is 0 Å². The Balaban J connectivity index is 3.38. The number of benzene rings is 1. The molecule has 0 unspecified atom stereocenters. The second-order valence-electron chi connectivity index (χ2n) is 2.36. The lowest BCUT2D eigenvalue weighted by molar-refractivity contribution is -0.388. The van der Waals surface area contributed by atoms with Crippen LogP contribution in [0.3, 0.4) is 0 Å². The van der Waals surface area contributed by atoms with E-state index < -0.39 is 22.2 Å². The Bertz CT molecular complexity index is 355. The van der Waals surface area contributed by atoms with E-state index in [0.717, 1.165) is 6.07 Å². The van der Waals surface area contributed by atoms with Gasteiger partial charge < -0.3 is 5.73 Å². The van der Waals surface area contributed by atoms with Gasteiger partial charge in [-0.05, 0) is 6.07 Å². The third-order valence-corrected chi connectivity index (χ3v) is 1.51. The molecule has 13 heavy (non-hydrogen) atoms. The number of nitrogens with two attached hydrogens (primary N) is 1. The van der Waals surface area contributed by atoms with Crippen molar-refractivity contribution < 1.29 is 13.7 Å². The van der Waals surface area contributed by atoms with Crippen LogP contribution in [0.4, 0.5) is 14.5 Å². The standard InChI is InChI=1S/C7H6F2N2O2/c8-5-1-4(3-10)7(11(12)13)6(9)2-5/h1-2H,3,10H2. The number of nitrogens with zero attached hydrogens (tertiary/aromatic N) is 1. The van der Waals surface area contributed by atoms with Crippen LogP contribution in [0.5, 0.6) is 0 Å². The van der Waals surface area contributed by atoms with E-state index in [-0.39, 0.29) is 12.1 Å². The van der Waals surface area contributed by atoms with Crippen LogP contribution in [0.2, 0.25) is 0 Å². The smallest absolute Gasteiger partial charge is 0.309 e. The Hall–Kier alpha value is -1.56. The summed E-state index contributed by atoms with van der Waals surface area (Å²) in [5, 5.41) is 10.3. The molecule has 1 rings (SSSR count). The number of nitro benzene ring substituents is 1. The first-order valence-electron chi connectivity index (χ1n) is 3.38. The molecule has 0 amide bonds. The zero-order chi connectivity index (χ0) is 10.0. The van der Waals surface area contributed by atoms with Crippen molar-refractivity contribution in [1.82, 2.24) is 0 Å². The number of hydrogen-bond donors (Lipinski definition) is 1. The molecule has 2 N–H and O–H groups in total. The summed E-state index contributed by atoms with van der Waals surface area (Å²) in [6.45, 7) is -0.273. The molecule has 70 valence electrons. The average molecular weight is 188 g/mol. The van der Waals surface area contributed by atoms with E-state index in [9.17, 15) is 18.9 Å². The van der Waals surface area contributed by atoms with Crippen molar-refractivity contribution in [3.63, 3.8) is 0 Å². The van der Waals surface area contributed by atoms with Gasteiger partial charge in [-0.3, -0.25) is 10.1 Å². The highest BCUT2D eigenvalue weighted by Crippen LogP contribution is 2.23. The second-order valence-corrected chi connectivity index (χ2v) is 2.36. The Kier molecular flexibility index (Phi) is 2.52. The van der Waals surface area contributed by atoms with Crippen LogP contribution in [0.15, 0.2) is 12.1 Å². The largest absolute Gasteiger partial charge is 0.326 e. The molecule has 0 radical (unpaired) electrons. The highest BCUT2D eigenvalue weighted by Gasteiger charge is 2.20. The third-order valence-electron chi connectivity index (χ3n) is 1.51. The van der Waals surface area contributed by atoms with Gasteiger partial charge >= 0.3 is 5.69 Å². The summed E-state index contributed by atoms with van der Waals surface area (Å²) >= 11 is 0. The molecule has 0 aliphatic carbocycles. The average Bonchev–Trinajstić information content (AvgIpc) is 2.01. The van der Waals surface area contributed by atoms with Gasteiger partial charge in [-0.1, -0.05) is 0 Å². The molecular formula is C7H6F2N2O2. The quantitative estimate of drug-likeness (QED) is 0.562. The number of rotatable bonds is 2. The minimum atomic E-state index is -1.20. The van der Waals surface area contributed by atoms with Gasteiger partial charge in [0.05, 0.1) is 4.92 Å². The maximum absolute atomic E-state index is 12.8. The van der Waals surface area contributed by atoms with E-state index in [2.05, 4.69) is 0 Å². The van der Waals surface area contributed by atoms with Crippen molar-refractivity contribution >= 4 is 5.69 Å². The summed E-state index contributed by atoms with van der Waals surface area (Å²) in [5.74, 6) is -2.07. The molecule has 0 spiro atoms. The van der Waals surface area contributed by atoms with Gasteiger partial charge in [0.15, 0.2) is 0 Å². The molecule has 0 fully saturated rings. The first-order chi connectivity index (χ1) is 6.06. The van der Waals surface area contributed by atoms with Crippen molar-refractivity contribution in [2.45, 2.75) is 6.54 Å². The van der Waals surface area contributed by atoms with Gasteiger partial charge in [0.2, 0.25) is 5.82 Å². The summed E-state index contributed by atoms with van der Waals surface area (Å²) in [5.41, 5.74) is 4.18. The van der Waals surface area contributed by atoms with Crippen molar-refractivity contribution in [2.75, 3.05) is 0 Å². The highest BCUT2D eigenvalue weighted by molar-refractivity contribution is 5.41. The molecule has 0 atom stereocenters. The van der Waals surface area contributed by atoms with Crippen LogP contribution in [-0.2, 0) is 6.54 Å². The van der Waals surface area contributed by atoms with Crippen LogP contribution in [-0.4, -0.2) is 4.92 Å². The van der Waals surface area contributed by atoms with Gasteiger partial charge in [-0.25, -0.2) is 4.39 Å². The molecule has 0 aliphatic rings. The summed E-state index contributed by atoms with van der Waals surface area (Å²) in [7, 11) is 0. The summed E-state index contributed by atoms with van der Waals surface area (Å²) in [6.07, 6.45) is 0. The monoisotopic (exact) mass is 188 g/mol. The van der Waals surface area contributed by atoms with Gasteiger partial charge in [0.1, 0.15) is 5.82 Å². The fourth-order valence-corrected chi connectivity index (χ4v) is 0.979. The van der Waals surface area contributed by atoms with Crippen LogP contribution in [0.25, 0.3) is 0 Å². The number of nitro groups is 1. The zero-order valence-corrected chi connectivity index (χ0v) is 6.46. The lowest BCUT2D eigenvalue weighted by Crippen LogP contribution is -2.04. The summed E-state index contributed by atoms with van der Waals surface area (Å²) < 4.78 is 25.4. The Morgan fingerprint density at radius 2 is 2.08 bits per heavy atom. The lowest BCUT2D eigenvalue weighted by atomic mass is 10.1. The Labute approximate surface area is 72.1 Å². The van der Waals surface area contributed by atoms with Gasteiger partial charge in [0, 0.05) is 18.2 Å². The fourth-order valence-electron chi connectivity index (χ4n) is 0.979. The zero-order valence-electron chi connectivity index (χ0n) is 6.46. The predicted octanol–water partition coefficient (Wildman–Crippen LogP) is 1.33. The van der Waals surface area contributed by atoms with E-state index >= 15 is 0 Å². The van der Waals surface area contributed by atoms with Gasteiger partial charge in [-0.15, -0.1) is 0 Å². The molecule has 0 aromatic heterocycles. The maximum atomic E-state index is 12.8. The minimum Gasteiger partial charge on any atom is -0.326 e. The minimum absolute atomic E-state index is 0.150. The first kappa shape index (κ1) is 9.53. The van der Waals surface area contributed by atoms with E-state index in [1.165, 1.54) is 0 Å². The highest BCUT2D eigenvalue weighted by atomic mass is 19.1. The molecule has 1 aromatic carbocycles. The Morgan fingerprint density at radius 1 is 1.46 bits per heavy atom. The fraction of sp³-hybridized carbons (Fsp3) is 0.143. The van der Waals surface area contributed by atoms with Crippen molar-refractivity contribution in [3.8, 4) is 0 Å². The van der Waals surface area contributed by atoms with Crippen LogP contribution in [0.1, 0.15) is 5.56 Å². The topological polar surface area (TPSA) is 69.2 Å². The number of halogens is 2. The van der Waals surface area contributed by atoms with Crippen LogP contribution in [0, 0.1) is 21.7 Å². The molecule has 0 saturated heterocycles. The molecule has 0 bridgehead atoms. The van der Waals surface area contributed by atoms with Gasteiger partial charge in [-0.2, -0.15) is 4.39 Å². The maximum Gasteiger partial charge on any atom is 0.309 e. The number of hydrogen-bond acceptors (Lipinski definition) is 3. The molecular weight excluding hydrogens is 182 g/mol. The molecule has 0 aliphatic heterocycles. The van der Waals surface area contributed by atoms with Crippen molar-refractivity contribution in [3.05, 3.63) is 39.4 Å². The summed E-state index contributed by atoms with van der Waals surface area (Å²) in [6, 6.07) is 1.30. The molecule has 4 nitrogen and oxygen atoms in total. The molecule has 0 saturated carbocycles. The van der Waals surface area contributed by atoms with Crippen molar-refractivity contribution in [2.24, 2.45) is 5.73 Å². The van der Waals surface area contributed by atoms with E-state index in [1.807, 2.05) is 0 Å². The molecule has 0 heterocycles. The van der Waals surface area contributed by atoms with Crippen LogP contribution < -0.4 is 5.73 Å². The van der Waals surface area contributed by atoms with E-state index in [4.69, 9.17) is 5.73 Å². The molecule has 6 heteroatoms. The first-order valence-corrected chi connectivity index (χ1v) is 3.38. The SMILES string of the molecule is NCc1cc(F)cc(F)c1[N+](=O)[O-]. The van der Waals surface area contributed by atoms with Crippen molar-refractivity contribution in [1.29, 1.82) is 0 Å². The van der Waals surface area contributed by atoms with Gasteiger partial charge in [0.25, 0.3) is 0 Å². The second kappa shape index (κ2) is 3.44. The van der Waals surface area contributed by atoms with E-state index in [0.29, 0.717) is 6.07 Å². The lowest BCUT2D eigenvalue weighted by Gasteiger charge is -2.00. The predicted molar refractivity (Wildman–Crippen MR) is 40.9 cm³/mol. The third kappa shape index (κ3) is 1.78. The normalized spacial score (nSPS) is 10.1. The van der Waals surface area contributed by atoms with Crippen LogP contribution >= 0.6 is 0 Å². The molecule has 1 aromatic rings. The summed E-state index contributed by atoms with van der Waals surface area (Å²) in [4.78, 5) is 9.38. The Morgan fingerprint density at radius 3 is 2.54 bits per heavy atom.